The lowest BCUT2D eigenvalue weighted by Crippen LogP contribution is -2.23. The van der Waals surface area contributed by atoms with Crippen molar-refractivity contribution in [3.8, 4) is 23.3 Å². The summed E-state index contributed by atoms with van der Waals surface area (Å²) < 4.78 is 9.54. The number of halogens is 1. The van der Waals surface area contributed by atoms with Crippen molar-refractivity contribution in [3.63, 3.8) is 0 Å². The highest BCUT2D eigenvalue weighted by Gasteiger charge is 2.16. The minimum absolute atomic E-state index is 0.0569. The fourth-order valence-electron chi connectivity index (χ4n) is 2.75. The maximum atomic E-state index is 12.6. The van der Waals surface area contributed by atoms with Crippen molar-refractivity contribution in [2.75, 3.05) is 0 Å². The van der Waals surface area contributed by atoms with Gasteiger partial charge in [0.05, 0.1) is 11.2 Å². The molecular weight excluding hydrogens is 374 g/mol. The average molecular weight is 388 g/mol. The number of hydrogen-bond donors (Lipinski definition) is 2. The normalized spacial score (nSPS) is 11.2. The summed E-state index contributed by atoms with van der Waals surface area (Å²) in [6, 6.07) is 10.2. The zero-order valence-electron chi connectivity index (χ0n) is 14.1. The van der Waals surface area contributed by atoms with E-state index in [1.807, 2.05) is 0 Å². The van der Waals surface area contributed by atoms with Crippen LogP contribution in [0.1, 0.15) is 0 Å². The van der Waals surface area contributed by atoms with Gasteiger partial charge in [0.25, 0.3) is 0 Å². The van der Waals surface area contributed by atoms with Crippen LogP contribution in [0.5, 0.6) is 17.6 Å². The number of aromatic hydroxyl groups is 1. The lowest BCUT2D eigenvalue weighted by molar-refractivity contribution is 0.210. The summed E-state index contributed by atoms with van der Waals surface area (Å²) in [5.74, 6) is 0.244. The van der Waals surface area contributed by atoms with E-state index in [-0.39, 0.29) is 17.0 Å². The Labute approximate surface area is 157 Å². The Morgan fingerprint density at radius 1 is 1.22 bits per heavy atom. The van der Waals surface area contributed by atoms with Crippen molar-refractivity contribution in [2.24, 2.45) is 7.05 Å². The largest absolute Gasteiger partial charge is 0.492 e. The van der Waals surface area contributed by atoms with Gasteiger partial charge in [-0.25, -0.2) is 14.3 Å². The van der Waals surface area contributed by atoms with Gasteiger partial charge in [0.15, 0.2) is 10.8 Å². The van der Waals surface area contributed by atoms with Gasteiger partial charge in [-0.2, -0.15) is 4.98 Å². The molecule has 0 saturated carbocycles. The van der Waals surface area contributed by atoms with Crippen molar-refractivity contribution in [2.45, 2.75) is 6.73 Å². The van der Waals surface area contributed by atoms with Crippen LogP contribution >= 0.6 is 11.6 Å². The minimum atomic E-state index is -0.446. The number of imidazole rings is 2. The predicted molar refractivity (Wildman–Crippen MR) is 97.5 cm³/mol. The van der Waals surface area contributed by atoms with Crippen LogP contribution in [0, 0.1) is 0 Å². The zero-order chi connectivity index (χ0) is 19.1. The fraction of sp³-hybridized carbons (Fsp3) is 0.118. The molecule has 4 aromatic rings. The number of fused-ring (bicyclic) bond motifs is 1. The maximum absolute atomic E-state index is 12.6. The Kier molecular flexibility index (Phi) is 4.09. The lowest BCUT2D eigenvalue weighted by Gasteiger charge is -2.07. The second kappa shape index (κ2) is 6.45. The first-order valence-electron chi connectivity index (χ1n) is 7.88. The highest BCUT2D eigenvalue weighted by Crippen LogP contribution is 2.30. The predicted octanol–water partition coefficient (Wildman–Crippen LogP) is 2.02. The Morgan fingerprint density at radius 3 is 2.59 bits per heavy atom. The SMILES string of the molecule is Cn1c(Oc2ccc(-n3c(=O)n(CO)c4cccnc43)cc2)nc(Cl)c1O. The molecule has 0 aliphatic carbocycles. The van der Waals surface area contributed by atoms with Crippen molar-refractivity contribution < 1.29 is 14.9 Å². The van der Waals surface area contributed by atoms with Crippen molar-refractivity contribution >= 4 is 22.8 Å². The van der Waals surface area contributed by atoms with Crippen molar-refractivity contribution in [1.82, 2.24) is 23.7 Å². The molecule has 0 spiro atoms. The van der Waals surface area contributed by atoms with Crippen molar-refractivity contribution in [1.29, 1.82) is 0 Å². The zero-order valence-corrected chi connectivity index (χ0v) is 14.8. The van der Waals surface area contributed by atoms with E-state index in [4.69, 9.17) is 16.3 Å². The smallest absolute Gasteiger partial charge is 0.336 e. The van der Waals surface area contributed by atoms with E-state index < -0.39 is 12.4 Å². The number of ether oxygens (including phenoxy) is 1. The summed E-state index contributed by atoms with van der Waals surface area (Å²) >= 11 is 5.77. The summed E-state index contributed by atoms with van der Waals surface area (Å²) in [4.78, 5) is 20.8. The van der Waals surface area contributed by atoms with E-state index in [1.54, 1.807) is 49.6 Å². The molecule has 0 bridgehead atoms. The molecule has 4 rings (SSSR count). The third-order valence-corrected chi connectivity index (χ3v) is 4.37. The van der Waals surface area contributed by atoms with Gasteiger partial charge in [-0.15, -0.1) is 0 Å². The number of rotatable bonds is 4. The first kappa shape index (κ1) is 17.1. The van der Waals surface area contributed by atoms with Gasteiger partial charge in [-0.1, -0.05) is 11.6 Å². The van der Waals surface area contributed by atoms with Crippen molar-refractivity contribution in [3.05, 3.63) is 58.2 Å². The second-order valence-corrected chi connectivity index (χ2v) is 6.06. The average Bonchev–Trinajstić information content (AvgIpc) is 3.10. The van der Waals surface area contributed by atoms with Gasteiger partial charge >= 0.3 is 11.7 Å². The van der Waals surface area contributed by atoms with E-state index in [0.29, 0.717) is 22.6 Å². The van der Waals surface area contributed by atoms with Gasteiger partial charge in [-0.05, 0) is 36.4 Å². The third kappa shape index (κ3) is 2.73. The molecule has 1 aromatic carbocycles. The van der Waals surface area contributed by atoms with E-state index in [0.717, 1.165) is 0 Å². The van der Waals surface area contributed by atoms with Crippen LogP contribution < -0.4 is 10.4 Å². The van der Waals surface area contributed by atoms with Crippen LogP contribution in [0.3, 0.4) is 0 Å². The lowest BCUT2D eigenvalue weighted by atomic mass is 10.3. The van der Waals surface area contributed by atoms with E-state index >= 15 is 0 Å². The Morgan fingerprint density at radius 2 is 1.96 bits per heavy atom. The number of aliphatic hydroxyl groups excluding tert-OH is 1. The van der Waals surface area contributed by atoms with E-state index in [1.165, 1.54) is 13.7 Å². The molecule has 3 aromatic heterocycles. The number of pyridine rings is 1. The van der Waals surface area contributed by atoms with Crippen LogP contribution in [0.4, 0.5) is 0 Å². The van der Waals surface area contributed by atoms with Gasteiger partial charge in [0.1, 0.15) is 12.5 Å². The first-order valence-corrected chi connectivity index (χ1v) is 8.25. The molecule has 9 nitrogen and oxygen atoms in total. The molecule has 0 radical (unpaired) electrons. The summed E-state index contributed by atoms with van der Waals surface area (Å²) in [5, 5.41) is 19.1. The molecular formula is C17H14ClN5O4. The van der Waals surface area contributed by atoms with Crippen LogP contribution in [0.25, 0.3) is 16.9 Å². The number of nitrogens with zero attached hydrogens (tertiary/aromatic N) is 5. The molecule has 0 amide bonds. The molecule has 2 N–H and O–H groups in total. The van der Waals surface area contributed by atoms with Gasteiger partial charge in [0, 0.05) is 13.2 Å². The summed E-state index contributed by atoms with van der Waals surface area (Å²) in [7, 11) is 1.56. The molecule has 0 atom stereocenters. The molecule has 0 fully saturated rings. The highest BCUT2D eigenvalue weighted by atomic mass is 35.5. The molecule has 10 heteroatoms. The van der Waals surface area contributed by atoms with Gasteiger partial charge in [0.2, 0.25) is 5.88 Å². The number of aliphatic hydroxyl groups is 1. The molecule has 27 heavy (non-hydrogen) atoms. The van der Waals surface area contributed by atoms with Gasteiger partial charge in [-0.3, -0.25) is 9.13 Å². The summed E-state index contributed by atoms with van der Waals surface area (Å²) in [6.07, 6.45) is 1.58. The minimum Gasteiger partial charge on any atom is -0.492 e. The van der Waals surface area contributed by atoms with Crippen LogP contribution in [0.2, 0.25) is 5.15 Å². The number of aromatic nitrogens is 5. The standard InChI is InChI=1S/C17H14ClN5O4/c1-21-15(25)13(18)20-16(21)27-11-6-4-10(5-7-11)23-14-12(3-2-8-19-14)22(9-24)17(23)26/h2-8,24-25H,9H2,1H3. The first-order chi connectivity index (χ1) is 13.0. The van der Waals surface area contributed by atoms with Crippen LogP contribution in [-0.4, -0.2) is 33.9 Å². The monoisotopic (exact) mass is 387 g/mol. The van der Waals surface area contributed by atoms with Crippen LogP contribution in [-0.2, 0) is 13.8 Å². The highest BCUT2D eigenvalue weighted by molar-refractivity contribution is 6.30. The molecule has 138 valence electrons. The Bertz CT molecular complexity index is 1190. The molecule has 3 heterocycles. The van der Waals surface area contributed by atoms with Crippen LogP contribution in [0.15, 0.2) is 47.4 Å². The van der Waals surface area contributed by atoms with Gasteiger partial charge < -0.3 is 14.9 Å². The molecule has 0 aliphatic heterocycles. The summed E-state index contributed by atoms with van der Waals surface area (Å²) in [6.45, 7) is -0.446. The van der Waals surface area contributed by atoms with E-state index in [9.17, 15) is 15.0 Å². The molecule has 0 saturated heterocycles. The topological polar surface area (TPSA) is 107 Å². The third-order valence-electron chi connectivity index (χ3n) is 4.12. The Hall–Kier alpha value is -3.30. The second-order valence-electron chi connectivity index (χ2n) is 5.70. The summed E-state index contributed by atoms with van der Waals surface area (Å²) in [5.41, 5.74) is 1.12. The number of benzene rings is 1. The van der Waals surface area contributed by atoms with E-state index in [2.05, 4.69) is 9.97 Å². The number of hydrogen-bond acceptors (Lipinski definition) is 6. The quantitative estimate of drug-likeness (QED) is 0.554. The molecule has 0 unspecified atom stereocenters. The molecule has 0 aliphatic rings. The maximum Gasteiger partial charge on any atom is 0.336 e. The Balaban J connectivity index is 1.73. The fourth-order valence-corrected chi connectivity index (χ4v) is 2.95.